The zero-order chi connectivity index (χ0) is 13.9. The van der Waals surface area contributed by atoms with Gasteiger partial charge in [0.1, 0.15) is 0 Å². The van der Waals surface area contributed by atoms with E-state index in [4.69, 9.17) is 10.7 Å². The van der Waals surface area contributed by atoms with Gasteiger partial charge in [0.15, 0.2) is 5.78 Å². The summed E-state index contributed by atoms with van der Waals surface area (Å²) < 4.78 is 22.2. The van der Waals surface area contributed by atoms with Crippen molar-refractivity contribution in [1.82, 2.24) is 0 Å². The maximum atomic E-state index is 11.9. The molecule has 0 saturated heterocycles. The van der Waals surface area contributed by atoms with Crippen molar-refractivity contribution in [1.29, 1.82) is 0 Å². The molecule has 0 saturated carbocycles. The molecule has 0 unspecified atom stereocenters. The number of Topliss-reactive ketones (excluding diaryl/α,β-unsaturated/α-hetero) is 1. The molecule has 0 aliphatic rings. The number of carbonyl (C=O) groups is 1. The van der Waals surface area contributed by atoms with E-state index in [1.165, 1.54) is 30.7 Å². The number of hydrogen-bond acceptors (Lipinski definition) is 3. The molecular formula is C14H10ClO3S. The SMILES string of the molecule is O=C([CH]c1ccc(S(=O)(=O)Cl)cc1)c1ccccc1. The number of halogens is 1. The normalized spacial score (nSPS) is 11.2. The number of hydrogen-bond donors (Lipinski definition) is 0. The third-order valence-electron chi connectivity index (χ3n) is 2.52. The van der Waals surface area contributed by atoms with Crippen LogP contribution in [0.3, 0.4) is 0 Å². The second-order valence-electron chi connectivity index (χ2n) is 3.88. The highest BCUT2D eigenvalue weighted by molar-refractivity contribution is 8.13. The quantitative estimate of drug-likeness (QED) is 0.643. The van der Waals surface area contributed by atoms with Crippen LogP contribution in [0.25, 0.3) is 0 Å². The van der Waals surface area contributed by atoms with Crippen LogP contribution < -0.4 is 0 Å². The summed E-state index contributed by atoms with van der Waals surface area (Å²) in [6, 6.07) is 14.6. The Balaban J connectivity index is 2.15. The monoisotopic (exact) mass is 293 g/mol. The molecule has 0 atom stereocenters. The first-order valence-corrected chi connectivity index (χ1v) is 7.76. The van der Waals surface area contributed by atoms with Crippen molar-refractivity contribution in [3.63, 3.8) is 0 Å². The Kier molecular flexibility index (Phi) is 4.02. The Morgan fingerprint density at radius 1 is 0.947 bits per heavy atom. The summed E-state index contributed by atoms with van der Waals surface area (Å²) in [4.78, 5) is 11.9. The lowest BCUT2D eigenvalue weighted by molar-refractivity contribution is 0.103. The van der Waals surface area contributed by atoms with Crippen LogP contribution in [0.1, 0.15) is 15.9 Å². The Bertz CT molecular complexity index is 676. The Morgan fingerprint density at radius 3 is 2.05 bits per heavy atom. The number of rotatable bonds is 4. The number of carbonyl (C=O) groups excluding carboxylic acids is 1. The number of ketones is 1. The third kappa shape index (κ3) is 3.66. The first-order chi connectivity index (χ1) is 8.97. The van der Waals surface area contributed by atoms with Crippen LogP contribution in [0, 0.1) is 6.42 Å². The molecule has 2 rings (SSSR count). The van der Waals surface area contributed by atoms with Gasteiger partial charge in [-0.25, -0.2) is 8.42 Å². The van der Waals surface area contributed by atoms with Crippen molar-refractivity contribution in [3.05, 3.63) is 72.1 Å². The zero-order valence-electron chi connectivity index (χ0n) is 9.78. The van der Waals surface area contributed by atoms with Gasteiger partial charge in [-0.2, -0.15) is 0 Å². The topological polar surface area (TPSA) is 51.2 Å². The van der Waals surface area contributed by atoms with Crippen LogP contribution in [0.2, 0.25) is 0 Å². The molecule has 0 aromatic heterocycles. The standard InChI is InChI=1S/C14H10ClO3S/c15-19(17,18)13-8-6-11(7-9-13)10-14(16)12-4-2-1-3-5-12/h1-10H. The van der Waals surface area contributed by atoms with Crippen molar-refractivity contribution in [3.8, 4) is 0 Å². The maximum absolute atomic E-state index is 11.9. The van der Waals surface area contributed by atoms with Gasteiger partial charge in [0.05, 0.1) is 11.3 Å². The molecule has 2 aromatic carbocycles. The fourth-order valence-corrected chi connectivity index (χ4v) is 2.33. The van der Waals surface area contributed by atoms with E-state index in [0.717, 1.165) is 0 Å². The van der Waals surface area contributed by atoms with E-state index in [9.17, 15) is 13.2 Å². The van der Waals surface area contributed by atoms with Crippen molar-refractivity contribution in [2.45, 2.75) is 4.90 Å². The van der Waals surface area contributed by atoms with Gasteiger partial charge in [0.25, 0.3) is 9.05 Å². The summed E-state index contributed by atoms with van der Waals surface area (Å²) >= 11 is 0. The first kappa shape index (κ1) is 13.8. The molecule has 0 amide bonds. The van der Waals surface area contributed by atoms with E-state index < -0.39 is 9.05 Å². The van der Waals surface area contributed by atoms with E-state index in [0.29, 0.717) is 11.1 Å². The Labute approximate surface area is 116 Å². The van der Waals surface area contributed by atoms with Gasteiger partial charge in [0, 0.05) is 16.2 Å². The van der Waals surface area contributed by atoms with E-state index >= 15 is 0 Å². The molecule has 19 heavy (non-hydrogen) atoms. The average Bonchev–Trinajstić information content (AvgIpc) is 2.39. The molecule has 97 valence electrons. The molecule has 0 N–H and O–H groups in total. The molecule has 0 aliphatic carbocycles. The third-order valence-corrected chi connectivity index (χ3v) is 3.89. The van der Waals surface area contributed by atoms with Gasteiger partial charge in [-0.3, -0.25) is 4.79 Å². The summed E-state index contributed by atoms with van der Waals surface area (Å²) in [5.74, 6) is -0.137. The summed E-state index contributed by atoms with van der Waals surface area (Å²) in [5.41, 5.74) is 1.20. The zero-order valence-corrected chi connectivity index (χ0v) is 11.4. The highest BCUT2D eigenvalue weighted by atomic mass is 35.7. The van der Waals surface area contributed by atoms with Gasteiger partial charge in [-0.1, -0.05) is 42.5 Å². The highest BCUT2D eigenvalue weighted by Gasteiger charge is 2.11. The van der Waals surface area contributed by atoms with Gasteiger partial charge in [-0.15, -0.1) is 0 Å². The summed E-state index contributed by atoms with van der Waals surface area (Å²) in [5, 5.41) is 0. The van der Waals surface area contributed by atoms with Gasteiger partial charge < -0.3 is 0 Å². The van der Waals surface area contributed by atoms with E-state index in [-0.39, 0.29) is 10.7 Å². The van der Waals surface area contributed by atoms with Gasteiger partial charge in [0.2, 0.25) is 0 Å². The van der Waals surface area contributed by atoms with Crippen molar-refractivity contribution >= 4 is 25.5 Å². The molecule has 1 radical (unpaired) electrons. The van der Waals surface area contributed by atoms with Crippen LogP contribution in [0.15, 0.2) is 59.5 Å². The second kappa shape index (κ2) is 5.55. The Hall–Kier alpha value is -1.65. The average molecular weight is 294 g/mol. The summed E-state index contributed by atoms with van der Waals surface area (Å²) in [6.07, 6.45) is 1.44. The Morgan fingerprint density at radius 2 is 1.53 bits per heavy atom. The minimum Gasteiger partial charge on any atom is -0.293 e. The molecule has 3 nitrogen and oxygen atoms in total. The van der Waals surface area contributed by atoms with E-state index in [1.807, 2.05) is 6.07 Å². The predicted octanol–water partition coefficient (Wildman–Crippen LogP) is 3.05. The van der Waals surface area contributed by atoms with Crippen LogP contribution in [0.5, 0.6) is 0 Å². The predicted molar refractivity (Wildman–Crippen MR) is 73.7 cm³/mol. The molecule has 0 aliphatic heterocycles. The number of benzene rings is 2. The van der Waals surface area contributed by atoms with Crippen LogP contribution >= 0.6 is 10.7 Å². The minimum absolute atomic E-state index is 0.0125. The van der Waals surface area contributed by atoms with Crippen molar-refractivity contribution in [2.75, 3.05) is 0 Å². The van der Waals surface area contributed by atoms with Crippen LogP contribution in [-0.2, 0) is 9.05 Å². The van der Waals surface area contributed by atoms with Crippen molar-refractivity contribution < 1.29 is 13.2 Å². The lowest BCUT2D eigenvalue weighted by Crippen LogP contribution is -2.01. The highest BCUT2D eigenvalue weighted by Crippen LogP contribution is 2.17. The van der Waals surface area contributed by atoms with Gasteiger partial charge in [-0.05, 0) is 17.7 Å². The lowest BCUT2D eigenvalue weighted by atomic mass is 10.0. The smallest absolute Gasteiger partial charge is 0.261 e. The maximum Gasteiger partial charge on any atom is 0.261 e. The van der Waals surface area contributed by atoms with Crippen LogP contribution in [-0.4, -0.2) is 14.2 Å². The molecule has 0 spiro atoms. The molecule has 5 heteroatoms. The molecule has 0 bridgehead atoms. The molecular weight excluding hydrogens is 284 g/mol. The minimum atomic E-state index is -3.73. The largest absolute Gasteiger partial charge is 0.293 e. The molecule has 0 fully saturated rings. The van der Waals surface area contributed by atoms with Crippen molar-refractivity contribution in [2.24, 2.45) is 0 Å². The first-order valence-electron chi connectivity index (χ1n) is 5.46. The molecule has 0 heterocycles. The summed E-state index contributed by atoms with van der Waals surface area (Å²) in [6.45, 7) is 0. The fraction of sp³-hybridized carbons (Fsp3) is 0. The van der Waals surface area contributed by atoms with E-state index in [1.54, 1.807) is 24.3 Å². The van der Waals surface area contributed by atoms with Crippen LogP contribution in [0.4, 0.5) is 0 Å². The lowest BCUT2D eigenvalue weighted by Gasteiger charge is -2.02. The van der Waals surface area contributed by atoms with E-state index in [2.05, 4.69) is 0 Å². The summed E-state index contributed by atoms with van der Waals surface area (Å²) in [7, 11) is 1.48. The molecule has 2 aromatic rings. The van der Waals surface area contributed by atoms with Gasteiger partial charge >= 0.3 is 0 Å². The fourth-order valence-electron chi connectivity index (χ4n) is 1.56. The second-order valence-corrected chi connectivity index (χ2v) is 6.45.